The first-order valence-corrected chi connectivity index (χ1v) is 7.57. The molecule has 0 radical (unpaired) electrons. The van der Waals surface area contributed by atoms with Crippen LogP contribution in [0.2, 0.25) is 5.02 Å². The van der Waals surface area contributed by atoms with E-state index in [1.165, 1.54) is 0 Å². The first kappa shape index (κ1) is 17.3. The molecule has 0 unspecified atom stereocenters. The van der Waals surface area contributed by atoms with Crippen molar-refractivity contribution in [1.82, 2.24) is 4.72 Å². The maximum Gasteiger partial charge on any atom is 0.421 e. The highest BCUT2D eigenvalue weighted by Crippen LogP contribution is 2.21. The number of hydrogen-bond donors (Lipinski definition) is 2. The predicted molar refractivity (Wildman–Crippen MR) is 75.0 cm³/mol. The number of amides is 1. The smallest absolute Gasteiger partial charge is 0.421 e. The Morgan fingerprint density at radius 1 is 1.29 bits per heavy atom. The molecule has 0 fully saturated rings. The second-order valence-electron chi connectivity index (χ2n) is 5.05. The summed E-state index contributed by atoms with van der Waals surface area (Å²) in [4.78, 5) is 21.9. The lowest BCUT2D eigenvalue weighted by Gasteiger charge is -2.19. The van der Waals surface area contributed by atoms with Gasteiger partial charge in [0.05, 0.1) is 15.5 Å². The third-order valence-electron chi connectivity index (χ3n) is 2.10. The van der Waals surface area contributed by atoms with Crippen molar-refractivity contribution in [3.8, 4) is 0 Å². The van der Waals surface area contributed by atoms with Gasteiger partial charge >= 0.3 is 12.1 Å². The molecule has 0 heterocycles. The fourth-order valence-corrected chi connectivity index (χ4v) is 2.53. The van der Waals surface area contributed by atoms with E-state index in [-0.39, 0.29) is 15.5 Å². The molecule has 0 aromatic heterocycles. The van der Waals surface area contributed by atoms with E-state index >= 15 is 0 Å². The van der Waals surface area contributed by atoms with Crippen LogP contribution in [-0.4, -0.2) is 31.2 Å². The molecule has 0 aliphatic rings. The number of carboxylic acid groups (broad SMARTS) is 1. The van der Waals surface area contributed by atoms with Crippen LogP contribution >= 0.6 is 11.6 Å². The standard InChI is InChI=1S/C12H14ClNO6S/c1-12(2,3)20-11(17)14-21(18,19)7-4-5-8(10(15)16)9(13)6-7/h4-6H,1-3H3,(H,14,17)(H,15,16). The van der Waals surface area contributed by atoms with Gasteiger partial charge in [-0.1, -0.05) is 11.6 Å². The SMILES string of the molecule is CC(C)(C)OC(=O)NS(=O)(=O)c1ccc(C(=O)O)c(Cl)c1. The Morgan fingerprint density at radius 3 is 2.29 bits per heavy atom. The van der Waals surface area contributed by atoms with Gasteiger partial charge in [-0.25, -0.2) is 22.7 Å². The Hall–Kier alpha value is -1.80. The summed E-state index contributed by atoms with van der Waals surface area (Å²) in [6.45, 7) is 4.74. The van der Waals surface area contributed by atoms with Crippen LogP contribution in [-0.2, 0) is 14.8 Å². The third-order valence-corrected chi connectivity index (χ3v) is 3.72. The minimum absolute atomic E-state index is 0.243. The molecular weight excluding hydrogens is 322 g/mol. The van der Waals surface area contributed by atoms with Gasteiger partial charge in [-0.2, -0.15) is 0 Å². The van der Waals surface area contributed by atoms with Crippen LogP contribution in [0.5, 0.6) is 0 Å². The molecule has 0 spiro atoms. The van der Waals surface area contributed by atoms with Crippen molar-refractivity contribution in [2.45, 2.75) is 31.3 Å². The highest BCUT2D eigenvalue weighted by atomic mass is 35.5. The predicted octanol–water partition coefficient (Wildman–Crippen LogP) is 2.25. The zero-order chi connectivity index (χ0) is 16.4. The number of benzene rings is 1. The highest BCUT2D eigenvalue weighted by Gasteiger charge is 2.24. The summed E-state index contributed by atoms with van der Waals surface area (Å²) in [6.07, 6.45) is -1.14. The van der Waals surface area contributed by atoms with Crippen LogP contribution < -0.4 is 4.72 Å². The van der Waals surface area contributed by atoms with E-state index in [0.717, 1.165) is 18.2 Å². The van der Waals surface area contributed by atoms with Gasteiger partial charge in [-0.05, 0) is 39.0 Å². The Kier molecular flexibility index (Phi) is 4.85. The number of rotatable bonds is 3. The third kappa shape index (κ3) is 4.91. The molecule has 0 saturated carbocycles. The van der Waals surface area contributed by atoms with Gasteiger partial charge in [0.15, 0.2) is 0 Å². The van der Waals surface area contributed by atoms with Gasteiger partial charge in [-0.15, -0.1) is 0 Å². The fraction of sp³-hybridized carbons (Fsp3) is 0.333. The van der Waals surface area contributed by atoms with E-state index in [2.05, 4.69) is 0 Å². The van der Waals surface area contributed by atoms with Crippen molar-refractivity contribution in [2.75, 3.05) is 0 Å². The van der Waals surface area contributed by atoms with Gasteiger partial charge < -0.3 is 9.84 Å². The monoisotopic (exact) mass is 335 g/mol. The molecule has 9 heteroatoms. The summed E-state index contributed by atoms with van der Waals surface area (Å²) in [6, 6.07) is 3.01. The van der Waals surface area contributed by atoms with Crippen molar-refractivity contribution >= 4 is 33.7 Å². The average molecular weight is 336 g/mol. The number of nitrogens with one attached hydrogen (secondary N) is 1. The number of aromatic carboxylic acids is 1. The summed E-state index contributed by atoms with van der Waals surface area (Å²) in [5.74, 6) is -1.29. The second-order valence-corrected chi connectivity index (χ2v) is 7.14. The largest absolute Gasteiger partial charge is 0.478 e. The highest BCUT2D eigenvalue weighted by molar-refractivity contribution is 7.90. The molecule has 0 aliphatic heterocycles. The van der Waals surface area contributed by atoms with Crippen LogP contribution in [0.1, 0.15) is 31.1 Å². The summed E-state index contributed by atoms with van der Waals surface area (Å²) in [7, 11) is -4.20. The van der Waals surface area contributed by atoms with Crippen LogP contribution in [0.3, 0.4) is 0 Å². The lowest BCUT2D eigenvalue weighted by Crippen LogP contribution is -2.36. The van der Waals surface area contributed by atoms with Crippen LogP contribution in [0, 0.1) is 0 Å². The molecular formula is C12H14ClNO6S. The van der Waals surface area contributed by atoms with Gasteiger partial charge in [0.25, 0.3) is 10.0 Å². The molecule has 1 aromatic carbocycles. The number of ether oxygens (including phenoxy) is 1. The van der Waals surface area contributed by atoms with Gasteiger partial charge in [-0.3, -0.25) is 0 Å². The number of sulfonamides is 1. The van der Waals surface area contributed by atoms with E-state index in [9.17, 15) is 18.0 Å². The molecule has 7 nitrogen and oxygen atoms in total. The fourth-order valence-electron chi connectivity index (χ4n) is 1.30. The summed E-state index contributed by atoms with van der Waals surface area (Å²) < 4.78 is 30.4. The second kappa shape index (κ2) is 5.90. The van der Waals surface area contributed by atoms with Gasteiger partial charge in [0.1, 0.15) is 5.60 Å². The first-order valence-electron chi connectivity index (χ1n) is 5.71. The Labute approximate surface area is 126 Å². The number of halogens is 1. The Balaban J connectivity index is 3.01. The Bertz CT molecular complexity index is 677. The van der Waals surface area contributed by atoms with E-state index in [1.54, 1.807) is 25.5 Å². The lowest BCUT2D eigenvalue weighted by atomic mass is 10.2. The maximum atomic E-state index is 11.9. The van der Waals surface area contributed by atoms with Crippen molar-refractivity contribution in [2.24, 2.45) is 0 Å². The number of carboxylic acids is 1. The molecule has 1 rings (SSSR count). The number of carbonyl (C=O) groups excluding carboxylic acids is 1. The Morgan fingerprint density at radius 2 is 1.86 bits per heavy atom. The quantitative estimate of drug-likeness (QED) is 0.876. The van der Waals surface area contributed by atoms with Crippen LogP contribution in [0.25, 0.3) is 0 Å². The topological polar surface area (TPSA) is 110 Å². The van der Waals surface area contributed by atoms with E-state index in [0.29, 0.717) is 0 Å². The van der Waals surface area contributed by atoms with E-state index in [4.69, 9.17) is 21.4 Å². The van der Waals surface area contributed by atoms with Gasteiger partial charge in [0, 0.05) is 0 Å². The molecule has 1 amide bonds. The summed E-state index contributed by atoms with van der Waals surface area (Å²) >= 11 is 5.68. The molecule has 0 saturated heterocycles. The number of hydrogen-bond acceptors (Lipinski definition) is 5. The summed E-state index contributed by atoms with van der Waals surface area (Å²) in [5.41, 5.74) is -1.10. The first-order chi connectivity index (χ1) is 9.42. The van der Waals surface area contributed by atoms with Crippen molar-refractivity contribution in [1.29, 1.82) is 0 Å². The normalized spacial score (nSPS) is 11.8. The zero-order valence-electron chi connectivity index (χ0n) is 11.5. The molecule has 1 aromatic rings. The molecule has 0 atom stereocenters. The molecule has 116 valence electrons. The molecule has 0 aliphatic carbocycles. The minimum atomic E-state index is -4.20. The molecule has 0 bridgehead atoms. The maximum absolute atomic E-state index is 11.9. The number of carbonyl (C=O) groups is 2. The van der Waals surface area contributed by atoms with Crippen molar-refractivity contribution < 1.29 is 27.9 Å². The van der Waals surface area contributed by atoms with Crippen LogP contribution in [0.4, 0.5) is 4.79 Å². The van der Waals surface area contributed by atoms with E-state index in [1.807, 2.05) is 0 Å². The van der Waals surface area contributed by atoms with Gasteiger partial charge in [0.2, 0.25) is 0 Å². The average Bonchev–Trinajstić information content (AvgIpc) is 2.24. The van der Waals surface area contributed by atoms with Crippen molar-refractivity contribution in [3.63, 3.8) is 0 Å². The summed E-state index contributed by atoms with van der Waals surface area (Å²) in [5, 5.41) is 8.55. The molecule has 21 heavy (non-hydrogen) atoms. The van der Waals surface area contributed by atoms with Crippen molar-refractivity contribution in [3.05, 3.63) is 28.8 Å². The molecule has 2 N–H and O–H groups in total. The lowest BCUT2D eigenvalue weighted by molar-refractivity contribution is 0.0569. The zero-order valence-corrected chi connectivity index (χ0v) is 13.1. The minimum Gasteiger partial charge on any atom is -0.478 e. The van der Waals surface area contributed by atoms with Crippen LogP contribution in [0.15, 0.2) is 23.1 Å². The van der Waals surface area contributed by atoms with E-state index < -0.39 is 27.7 Å².